The van der Waals surface area contributed by atoms with Crippen LogP contribution in [0.3, 0.4) is 0 Å². The first kappa shape index (κ1) is 19.1. The zero-order valence-electron chi connectivity index (χ0n) is 14.9. The van der Waals surface area contributed by atoms with Crippen molar-refractivity contribution in [1.29, 1.82) is 0 Å². The summed E-state index contributed by atoms with van der Waals surface area (Å²) >= 11 is 2.76. The van der Waals surface area contributed by atoms with E-state index in [1.54, 1.807) is 35.7 Å². The monoisotopic (exact) mass is 435 g/mol. The maximum Gasteiger partial charge on any atom is 0.258 e. The first-order valence-electron chi connectivity index (χ1n) is 8.44. The number of methoxy groups -OCH3 is 1. The average Bonchev–Trinajstić information content (AvgIpc) is 3.36. The van der Waals surface area contributed by atoms with Crippen molar-refractivity contribution in [2.45, 2.75) is 17.9 Å². The third-order valence-electron chi connectivity index (χ3n) is 4.39. The van der Waals surface area contributed by atoms with Crippen LogP contribution >= 0.6 is 22.7 Å². The van der Waals surface area contributed by atoms with Crippen LogP contribution in [-0.2, 0) is 23.0 Å². The number of nitrogens with zero attached hydrogens (tertiary/aromatic N) is 2. The number of carbonyl (C=O) groups excluding carboxylic acids is 1. The molecule has 1 aliphatic rings. The van der Waals surface area contributed by atoms with Crippen LogP contribution in [-0.4, -0.2) is 37.3 Å². The van der Waals surface area contributed by atoms with Crippen molar-refractivity contribution >= 4 is 43.7 Å². The fourth-order valence-electron chi connectivity index (χ4n) is 2.96. The average molecular weight is 436 g/mol. The predicted octanol–water partition coefficient (Wildman–Crippen LogP) is 3.21. The number of sulfonamides is 1. The van der Waals surface area contributed by atoms with E-state index < -0.39 is 10.0 Å². The summed E-state index contributed by atoms with van der Waals surface area (Å²) in [7, 11) is -2.24. The third-order valence-corrected chi connectivity index (χ3v) is 7.95. The van der Waals surface area contributed by atoms with Gasteiger partial charge in [-0.25, -0.2) is 13.4 Å². The summed E-state index contributed by atoms with van der Waals surface area (Å²) in [6.45, 7) is 0.552. The summed E-state index contributed by atoms with van der Waals surface area (Å²) in [5, 5.41) is 6.88. The van der Waals surface area contributed by atoms with Gasteiger partial charge in [-0.1, -0.05) is 12.1 Å². The standard InChI is InChI=1S/C18H17N3O4S3/c1-25-14-4-2-3-5-16(14)28(23,24)21-8-6-13-15(10-21)27-18(19-13)20-17(22)12-7-9-26-11-12/h2-5,7,9,11H,6,8,10H2,1H3,(H,19,20,22). The lowest BCUT2D eigenvalue weighted by molar-refractivity contribution is 0.102. The van der Waals surface area contributed by atoms with E-state index in [2.05, 4.69) is 10.3 Å². The molecule has 10 heteroatoms. The molecule has 1 N–H and O–H groups in total. The minimum Gasteiger partial charge on any atom is -0.495 e. The Labute approximate surface area is 170 Å². The predicted molar refractivity (Wildman–Crippen MR) is 109 cm³/mol. The van der Waals surface area contributed by atoms with Gasteiger partial charge in [-0.2, -0.15) is 15.6 Å². The highest BCUT2D eigenvalue weighted by Gasteiger charge is 2.32. The number of rotatable bonds is 5. The molecule has 0 aliphatic carbocycles. The molecule has 1 aromatic carbocycles. The molecular weight excluding hydrogens is 418 g/mol. The van der Waals surface area contributed by atoms with Gasteiger partial charge >= 0.3 is 0 Å². The number of ether oxygens (including phenoxy) is 1. The van der Waals surface area contributed by atoms with Crippen LogP contribution in [0.25, 0.3) is 0 Å². The van der Waals surface area contributed by atoms with Crippen molar-refractivity contribution in [2.75, 3.05) is 19.0 Å². The first-order chi connectivity index (χ1) is 13.5. The summed E-state index contributed by atoms with van der Waals surface area (Å²) < 4.78 is 32.8. The van der Waals surface area contributed by atoms with Gasteiger partial charge in [-0.15, -0.1) is 11.3 Å². The number of para-hydroxylation sites is 1. The van der Waals surface area contributed by atoms with E-state index in [4.69, 9.17) is 4.74 Å². The lowest BCUT2D eigenvalue weighted by Gasteiger charge is -2.26. The second-order valence-electron chi connectivity index (χ2n) is 6.09. The molecule has 0 radical (unpaired) electrons. The minimum absolute atomic E-state index is 0.149. The number of thiazole rings is 1. The van der Waals surface area contributed by atoms with Crippen molar-refractivity contribution in [3.63, 3.8) is 0 Å². The van der Waals surface area contributed by atoms with Crippen LogP contribution in [0.5, 0.6) is 5.75 Å². The molecule has 28 heavy (non-hydrogen) atoms. The summed E-state index contributed by atoms with van der Waals surface area (Å²) in [5.74, 6) is 0.104. The lowest BCUT2D eigenvalue weighted by atomic mass is 10.2. The zero-order valence-corrected chi connectivity index (χ0v) is 17.4. The van der Waals surface area contributed by atoms with Gasteiger partial charge in [0.2, 0.25) is 10.0 Å². The van der Waals surface area contributed by atoms with E-state index >= 15 is 0 Å². The van der Waals surface area contributed by atoms with Crippen LogP contribution < -0.4 is 10.1 Å². The van der Waals surface area contributed by atoms with Crippen molar-refractivity contribution in [3.05, 3.63) is 57.2 Å². The normalized spacial score (nSPS) is 14.5. The van der Waals surface area contributed by atoms with Gasteiger partial charge in [-0.3, -0.25) is 10.1 Å². The van der Waals surface area contributed by atoms with E-state index in [0.29, 0.717) is 29.4 Å². The van der Waals surface area contributed by atoms with Gasteiger partial charge in [0.15, 0.2) is 5.13 Å². The van der Waals surface area contributed by atoms with Crippen molar-refractivity contribution in [3.8, 4) is 5.75 Å². The van der Waals surface area contributed by atoms with Crippen molar-refractivity contribution in [1.82, 2.24) is 9.29 Å². The van der Waals surface area contributed by atoms with Crippen LogP contribution in [0, 0.1) is 0 Å². The number of fused-ring (bicyclic) bond motifs is 1. The zero-order chi connectivity index (χ0) is 19.7. The van der Waals surface area contributed by atoms with Gasteiger partial charge in [-0.05, 0) is 23.6 Å². The number of carbonyl (C=O) groups is 1. The molecule has 7 nitrogen and oxygen atoms in total. The Morgan fingerprint density at radius 1 is 1.29 bits per heavy atom. The molecule has 1 aliphatic heterocycles. The van der Waals surface area contributed by atoms with Crippen LogP contribution in [0.15, 0.2) is 46.0 Å². The quantitative estimate of drug-likeness (QED) is 0.665. The van der Waals surface area contributed by atoms with E-state index in [0.717, 1.165) is 10.6 Å². The maximum absolute atomic E-state index is 13.1. The summed E-state index contributed by atoms with van der Waals surface area (Å²) in [5.41, 5.74) is 1.41. The highest BCUT2D eigenvalue weighted by molar-refractivity contribution is 7.89. The Hall–Kier alpha value is -2.27. The molecule has 0 fully saturated rings. The second kappa shape index (κ2) is 7.63. The van der Waals surface area contributed by atoms with Gasteiger partial charge in [0.25, 0.3) is 5.91 Å². The van der Waals surface area contributed by atoms with Crippen molar-refractivity contribution in [2.24, 2.45) is 0 Å². The van der Waals surface area contributed by atoms with Gasteiger partial charge in [0.05, 0.1) is 24.9 Å². The Kier molecular flexibility index (Phi) is 5.19. The van der Waals surface area contributed by atoms with Gasteiger partial charge in [0, 0.05) is 23.2 Å². The summed E-state index contributed by atoms with van der Waals surface area (Å²) in [4.78, 5) is 17.7. The largest absolute Gasteiger partial charge is 0.495 e. The number of anilines is 1. The molecule has 0 unspecified atom stereocenters. The molecule has 4 rings (SSSR count). The molecule has 0 saturated heterocycles. The van der Waals surface area contributed by atoms with E-state index in [-0.39, 0.29) is 17.3 Å². The van der Waals surface area contributed by atoms with E-state index in [9.17, 15) is 13.2 Å². The van der Waals surface area contributed by atoms with Crippen molar-refractivity contribution < 1.29 is 17.9 Å². The fraction of sp³-hybridized carbons (Fsp3) is 0.222. The molecule has 3 aromatic rings. The molecule has 0 atom stereocenters. The molecular formula is C18H17N3O4S3. The van der Waals surface area contributed by atoms with Crippen LogP contribution in [0.2, 0.25) is 0 Å². The minimum atomic E-state index is -3.70. The Balaban J connectivity index is 1.55. The van der Waals surface area contributed by atoms with E-state index in [1.807, 2.05) is 5.38 Å². The molecule has 146 valence electrons. The van der Waals surface area contributed by atoms with Gasteiger partial charge in [0.1, 0.15) is 10.6 Å². The SMILES string of the molecule is COc1ccccc1S(=O)(=O)N1CCc2nc(NC(=O)c3ccsc3)sc2C1. The second-order valence-corrected chi connectivity index (χ2v) is 9.86. The number of amides is 1. The number of thiophene rings is 1. The highest BCUT2D eigenvalue weighted by Crippen LogP contribution is 2.33. The molecule has 0 saturated carbocycles. The molecule has 0 spiro atoms. The summed E-state index contributed by atoms with van der Waals surface area (Å²) in [6.07, 6.45) is 0.495. The van der Waals surface area contributed by atoms with E-state index in [1.165, 1.54) is 34.1 Å². The number of benzene rings is 1. The molecule has 3 heterocycles. The van der Waals surface area contributed by atoms with Gasteiger partial charge < -0.3 is 4.74 Å². The number of hydrogen-bond acceptors (Lipinski definition) is 7. The molecule has 1 amide bonds. The Morgan fingerprint density at radius 3 is 2.86 bits per heavy atom. The summed E-state index contributed by atoms with van der Waals surface area (Å²) in [6, 6.07) is 8.33. The molecule has 0 bridgehead atoms. The van der Waals surface area contributed by atoms with Crippen LogP contribution in [0.4, 0.5) is 5.13 Å². The highest BCUT2D eigenvalue weighted by atomic mass is 32.2. The maximum atomic E-state index is 13.1. The topological polar surface area (TPSA) is 88.6 Å². The Bertz CT molecular complexity index is 1110. The third kappa shape index (κ3) is 3.55. The molecule has 2 aromatic heterocycles. The number of aromatic nitrogens is 1. The smallest absolute Gasteiger partial charge is 0.258 e. The first-order valence-corrected chi connectivity index (χ1v) is 11.6. The fourth-order valence-corrected chi connectivity index (χ4v) is 6.27. The number of nitrogens with one attached hydrogen (secondary N) is 1. The lowest BCUT2D eigenvalue weighted by Crippen LogP contribution is -2.35. The Morgan fingerprint density at radius 2 is 2.11 bits per heavy atom. The van der Waals surface area contributed by atoms with Crippen LogP contribution in [0.1, 0.15) is 20.9 Å². The number of hydrogen-bond donors (Lipinski definition) is 1.